The zero-order valence-electron chi connectivity index (χ0n) is 12.1. The van der Waals surface area contributed by atoms with Gasteiger partial charge < -0.3 is 10.1 Å². The van der Waals surface area contributed by atoms with Crippen molar-refractivity contribution < 1.29 is 14.3 Å². The maximum atomic E-state index is 12.0. The summed E-state index contributed by atoms with van der Waals surface area (Å²) in [6.07, 6.45) is 0. The maximum absolute atomic E-state index is 12.0. The van der Waals surface area contributed by atoms with Gasteiger partial charge in [0, 0.05) is 12.6 Å². The molecule has 0 radical (unpaired) electrons. The molecule has 0 atom stereocenters. The van der Waals surface area contributed by atoms with E-state index in [4.69, 9.17) is 4.74 Å². The Bertz CT molecular complexity index is 647. The fraction of sp³-hybridized carbons (Fsp3) is 0.176. The van der Waals surface area contributed by atoms with Crippen molar-refractivity contribution in [3.05, 3.63) is 65.2 Å². The van der Waals surface area contributed by atoms with E-state index in [1.165, 1.54) is 6.92 Å². The van der Waals surface area contributed by atoms with Crippen LogP contribution in [-0.2, 0) is 16.1 Å². The molecule has 0 unspecified atom stereocenters. The highest BCUT2D eigenvalue weighted by molar-refractivity contribution is 5.93. The Balaban J connectivity index is 1.99. The SMILES string of the molecule is CC(=O)Nc1cccc(C(=O)OCc2ccc(C)cc2)c1. The van der Waals surface area contributed by atoms with E-state index in [2.05, 4.69) is 5.32 Å². The van der Waals surface area contributed by atoms with E-state index in [1.807, 2.05) is 31.2 Å². The number of anilines is 1. The maximum Gasteiger partial charge on any atom is 0.338 e. The molecule has 0 aliphatic heterocycles. The summed E-state index contributed by atoms with van der Waals surface area (Å²) in [5, 5.41) is 2.63. The number of carbonyl (C=O) groups excluding carboxylic acids is 2. The number of ether oxygens (including phenoxy) is 1. The second kappa shape index (κ2) is 6.70. The van der Waals surface area contributed by atoms with Crippen LogP contribution >= 0.6 is 0 Å². The minimum Gasteiger partial charge on any atom is -0.457 e. The Hall–Kier alpha value is -2.62. The van der Waals surface area contributed by atoms with Crippen molar-refractivity contribution in [3.63, 3.8) is 0 Å². The quantitative estimate of drug-likeness (QED) is 0.876. The van der Waals surface area contributed by atoms with Gasteiger partial charge in [0.15, 0.2) is 0 Å². The van der Waals surface area contributed by atoms with Gasteiger partial charge in [-0.2, -0.15) is 0 Å². The number of hydrogen-bond acceptors (Lipinski definition) is 3. The predicted octanol–water partition coefficient (Wildman–Crippen LogP) is 3.31. The first-order chi connectivity index (χ1) is 10.0. The number of hydrogen-bond donors (Lipinski definition) is 1. The van der Waals surface area contributed by atoms with E-state index in [9.17, 15) is 9.59 Å². The summed E-state index contributed by atoms with van der Waals surface area (Å²) in [6.45, 7) is 3.65. The van der Waals surface area contributed by atoms with Crippen LogP contribution in [-0.4, -0.2) is 11.9 Å². The number of nitrogens with one attached hydrogen (secondary N) is 1. The number of aryl methyl sites for hydroxylation is 1. The monoisotopic (exact) mass is 283 g/mol. The van der Waals surface area contributed by atoms with Crippen LogP contribution in [0.4, 0.5) is 5.69 Å². The largest absolute Gasteiger partial charge is 0.457 e. The predicted molar refractivity (Wildman–Crippen MR) is 81.0 cm³/mol. The Morgan fingerprint density at radius 3 is 2.48 bits per heavy atom. The van der Waals surface area contributed by atoms with Crippen molar-refractivity contribution in [2.24, 2.45) is 0 Å². The number of esters is 1. The third-order valence-corrected chi connectivity index (χ3v) is 2.91. The highest BCUT2D eigenvalue weighted by Gasteiger charge is 2.08. The number of rotatable bonds is 4. The molecule has 0 heterocycles. The molecule has 0 fully saturated rings. The van der Waals surface area contributed by atoms with Crippen LogP contribution in [0.1, 0.15) is 28.4 Å². The van der Waals surface area contributed by atoms with Crippen LogP contribution in [0, 0.1) is 6.92 Å². The molecule has 0 aliphatic carbocycles. The van der Waals surface area contributed by atoms with Crippen molar-refractivity contribution in [1.82, 2.24) is 0 Å². The lowest BCUT2D eigenvalue weighted by molar-refractivity contribution is -0.114. The van der Waals surface area contributed by atoms with Crippen LogP contribution in [0.5, 0.6) is 0 Å². The van der Waals surface area contributed by atoms with Gasteiger partial charge >= 0.3 is 5.97 Å². The molecule has 2 aromatic rings. The average molecular weight is 283 g/mol. The van der Waals surface area contributed by atoms with Crippen LogP contribution in [0.3, 0.4) is 0 Å². The molecule has 0 bridgehead atoms. The molecule has 21 heavy (non-hydrogen) atoms. The Kier molecular flexibility index (Phi) is 4.72. The Labute approximate surface area is 123 Å². The third-order valence-electron chi connectivity index (χ3n) is 2.91. The second-order valence-electron chi connectivity index (χ2n) is 4.82. The molecule has 108 valence electrons. The van der Waals surface area contributed by atoms with Gasteiger partial charge in [-0.25, -0.2) is 4.79 Å². The van der Waals surface area contributed by atoms with Gasteiger partial charge in [0.25, 0.3) is 0 Å². The summed E-state index contributed by atoms with van der Waals surface area (Å²) >= 11 is 0. The highest BCUT2D eigenvalue weighted by atomic mass is 16.5. The molecule has 2 aromatic carbocycles. The molecule has 0 aliphatic rings. The summed E-state index contributed by atoms with van der Waals surface area (Å²) in [5.41, 5.74) is 3.08. The van der Waals surface area contributed by atoms with E-state index >= 15 is 0 Å². The molecular weight excluding hydrogens is 266 g/mol. The number of benzene rings is 2. The molecule has 1 N–H and O–H groups in total. The zero-order valence-corrected chi connectivity index (χ0v) is 12.1. The van der Waals surface area contributed by atoms with Crippen molar-refractivity contribution >= 4 is 17.6 Å². The first kappa shape index (κ1) is 14.8. The molecule has 2 rings (SSSR count). The van der Waals surface area contributed by atoms with Gasteiger partial charge in [-0.1, -0.05) is 35.9 Å². The summed E-state index contributed by atoms with van der Waals surface area (Å²) < 4.78 is 5.26. The first-order valence-electron chi connectivity index (χ1n) is 6.65. The van der Waals surface area contributed by atoms with Gasteiger partial charge in [0.05, 0.1) is 5.56 Å². The average Bonchev–Trinajstić information content (AvgIpc) is 2.46. The molecule has 0 saturated carbocycles. The van der Waals surface area contributed by atoms with Gasteiger partial charge in [-0.3, -0.25) is 4.79 Å². The lowest BCUT2D eigenvalue weighted by atomic mass is 10.1. The van der Waals surface area contributed by atoms with Crippen molar-refractivity contribution in [3.8, 4) is 0 Å². The van der Waals surface area contributed by atoms with Gasteiger partial charge in [-0.15, -0.1) is 0 Å². The zero-order chi connectivity index (χ0) is 15.2. The van der Waals surface area contributed by atoms with Crippen molar-refractivity contribution in [1.29, 1.82) is 0 Å². The van der Waals surface area contributed by atoms with E-state index in [0.29, 0.717) is 11.3 Å². The number of carbonyl (C=O) groups is 2. The standard InChI is InChI=1S/C17H17NO3/c1-12-6-8-14(9-7-12)11-21-17(20)15-4-3-5-16(10-15)18-13(2)19/h3-10H,11H2,1-2H3,(H,18,19). The summed E-state index contributed by atoms with van der Waals surface area (Å²) in [5.74, 6) is -0.594. The Morgan fingerprint density at radius 1 is 1.10 bits per heavy atom. The summed E-state index contributed by atoms with van der Waals surface area (Å²) in [4.78, 5) is 23.0. The molecule has 4 heteroatoms. The van der Waals surface area contributed by atoms with E-state index in [1.54, 1.807) is 24.3 Å². The smallest absolute Gasteiger partial charge is 0.338 e. The molecule has 0 saturated heterocycles. The third kappa shape index (κ3) is 4.45. The van der Waals surface area contributed by atoms with Crippen LogP contribution in [0.15, 0.2) is 48.5 Å². The minimum absolute atomic E-state index is 0.180. The fourth-order valence-electron chi connectivity index (χ4n) is 1.84. The molecular formula is C17H17NO3. The van der Waals surface area contributed by atoms with Crippen molar-refractivity contribution in [2.45, 2.75) is 20.5 Å². The topological polar surface area (TPSA) is 55.4 Å². The van der Waals surface area contributed by atoms with Crippen LogP contribution < -0.4 is 5.32 Å². The van der Waals surface area contributed by atoms with E-state index in [0.717, 1.165) is 11.1 Å². The normalized spacial score (nSPS) is 10.0. The molecule has 4 nitrogen and oxygen atoms in total. The highest BCUT2D eigenvalue weighted by Crippen LogP contribution is 2.13. The molecule has 0 aromatic heterocycles. The van der Waals surface area contributed by atoms with E-state index < -0.39 is 5.97 Å². The second-order valence-corrected chi connectivity index (χ2v) is 4.82. The number of amides is 1. The first-order valence-corrected chi connectivity index (χ1v) is 6.65. The van der Waals surface area contributed by atoms with Gasteiger partial charge in [0.1, 0.15) is 6.61 Å². The lowest BCUT2D eigenvalue weighted by Gasteiger charge is -2.07. The summed E-state index contributed by atoms with van der Waals surface area (Å²) in [6, 6.07) is 14.5. The van der Waals surface area contributed by atoms with Gasteiger partial charge in [0.2, 0.25) is 5.91 Å². The summed E-state index contributed by atoms with van der Waals surface area (Å²) in [7, 11) is 0. The van der Waals surface area contributed by atoms with Crippen LogP contribution in [0.2, 0.25) is 0 Å². The van der Waals surface area contributed by atoms with Crippen molar-refractivity contribution in [2.75, 3.05) is 5.32 Å². The molecule has 1 amide bonds. The lowest BCUT2D eigenvalue weighted by Crippen LogP contribution is -2.08. The fourth-order valence-corrected chi connectivity index (χ4v) is 1.84. The van der Waals surface area contributed by atoms with Gasteiger partial charge in [-0.05, 0) is 30.7 Å². The van der Waals surface area contributed by atoms with Crippen LogP contribution in [0.25, 0.3) is 0 Å². The minimum atomic E-state index is -0.414. The Morgan fingerprint density at radius 2 is 1.81 bits per heavy atom. The van der Waals surface area contributed by atoms with E-state index in [-0.39, 0.29) is 12.5 Å². The molecule has 0 spiro atoms.